The maximum atomic E-state index is 11.8. The van der Waals surface area contributed by atoms with Gasteiger partial charge in [0.15, 0.2) is 0 Å². The van der Waals surface area contributed by atoms with Crippen molar-refractivity contribution >= 4 is 7.60 Å². The Kier molecular flexibility index (Phi) is 8.53. The Hall–Kier alpha value is 0.0700. The maximum absolute atomic E-state index is 11.8. The highest BCUT2D eigenvalue weighted by molar-refractivity contribution is 7.54. The predicted molar refractivity (Wildman–Crippen MR) is 81.2 cm³/mol. The molecule has 0 aromatic heterocycles. The Morgan fingerprint density at radius 1 is 0.850 bits per heavy atom. The normalized spacial score (nSPS) is 16.1. The number of rotatable bonds is 9. The molecule has 0 spiro atoms. The summed E-state index contributed by atoms with van der Waals surface area (Å²) in [5.41, 5.74) is 0.282. The molecular weight excluding hydrogens is 279 g/mol. The summed E-state index contributed by atoms with van der Waals surface area (Å²) < 4.78 is 27.5. The highest BCUT2D eigenvalue weighted by Crippen LogP contribution is 2.54. The molecule has 0 saturated carbocycles. The molecule has 20 heavy (non-hydrogen) atoms. The van der Waals surface area contributed by atoms with Gasteiger partial charge in [0.1, 0.15) is 0 Å². The van der Waals surface area contributed by atoms with E-state index in [9.17, 15) is 9.46 Å². The van der Waals surface area contributed by atoms with Crippen LogP contribution in [0.2, 0.25) is 0 Å². The van der Waals surface area contributed by atoms with E-state index >= 15 is 0 Å². The van der Waals surface area contributed by atoms with E-state index in [2.05, 4.69) is 20.8 Å². The molecule has 5 nitrogen and oxygen atoms in total. The van der Waals surface area contributed by atoms with Crippen LogP contribution >= 0.6 is 7.60 Å². The van der Waals surface area contributed by atoms with Crippen molar-refractivity contribution in [2.24, 2.45) is 5.41 Å². The molecule has 1 N–H and O–H groups in total. The third-order valence-electron chi connectivity index (χ3n) is 2.71. The van der Waals surface area contributed by atoms with E-state index in [1.165, 1.54) is 0 Å². The van der Waals surface area contributed by atoms with Crippen LogP contribution < -0.4 is 0 Å². The van der Waals surface area contributed by atoms with Gasteiger partial charge < -0.3 is 18.9 Å². The van der Waals surface area contributed by atoms with Gasteiger partial charge in [-0.25, -0.2) is 0 Å². The SMILES string of the molecule is CC(C)(C)CCOCCOCCOP(=O)(O)C(C)(C)C. The Morgan fingerprint density at radius 2 is 1.30 bits per heavy atom. The fourth-order valence-electron chi connectivity index (χ4n) is 1.11. The minimum Gasteiger partial charge on any atom is -0.379 e. The van der Waals surface area contributed by atoms with E-state index in [1.807, 2.05) is 0 Å². The first kappa shape index (κ1) is 20.1. The Balaban J connectivity index is 3.49. The van der Waals surface area contributed by atoms with Crippen molar-refractivity contribution in [3.8, 4) is 0 Å². The molecule has 0 aromatic carbocycles. The molecule has 122 valence electrons. The van der Waals surface area contributed by atoms with Crippen molar-refractivity contribution in [3.05, 3.63) is 0 Å². The van der Waals surface area contributed by atoms with Crippen molar-refractivity contribution in [2.45, 2.75) is 53.1 Å². The first-order valence-electron chi connectivity index (χ1n) is 7.09. The van der Waals surface area contributed by atoms with Crippen LogP contribution in [0.15, 0.2) is 0 Å². The van der Waals surface area contributed by atoms with E-state index in [-0.39, 0.29) is 12.0 Å². The second-order valence-corrected chi connectivity index (χ2v) is 9.70. The van der Waals surface area contributed by atoms with Gasteiger partial charge in [-0.3, -0.25) is 4.57 Å². The summed E-state index contributed by atoms with van der Waals surface area (Å²) in [6.45, 7) is 13.7. The van der Waals surface area contributed by atoms with Crippen LogP contribution in [0.25, 0.3) is 0 Å². The highest BCUT2D eigenvalue weighted by atomic mass is 31.2. The molecule has 0 amide bonds. The molecule has 0 aliphatic heterocycles. The summed E-state index contributed by atoms with van der Waals surface area (Å²) >= 11 is 0. The van der Waals surface area contributed by atoms with Crippen LogP contribution in [0.3, 0.4) is 0 Å². The zero-order valence-electron chi connectivity index (χ0n) is 13.8. The lowest BCUT2D eigenvalue weighted by atomic mass is 9.93. The van der Waals surface area contributed by atoms with Gasteiger partial charge in [-0.15, -0.1) is 0 Å². The molecule has 0 radical (unpaired) electrons. The molecule has 0 aromatic rings. The fraction of sp³-hybridized carbons (Fsp3) is 1.00. The van der Waals surface area contributed by atoms with E-state index < -0.39 is 12.8 Å². The molecule has 1 atom stereocenters. The van der Waals surface area contributed by atoms with Gasteiger partial charge in [-0.05, 0) is 32.6 Å². The molecule has 0 heterocycles. The van der Waals surface area contributed by atoms with Crippen LogP contribution in [0.5, 0.6) is 0 Å². The number of hydrogen-bond donors (Lipinski definition) is 1. The predicted octanol–water partition coefficient (Wildman–Crippen LogP) is 3.46. The van der Waals surface area contributed by atoms with E-state index in [1.54, 1.807) is 20.8 Å². The quantitative estimate of drug-likeness (QED) is 0.522. The highest BCUT2D eigenvalue weighted by Gasteiger charge is 2.35. The number of ether oxygens (including phenoxy) is 2. The summed E-state index contributed by atoms with van der Waals surface area (Å²) in [5.74, 6) is 0. The molecule has 0 saturated heterocycles. The van der Waals surface area contributed by atoms with Crippen LogP contribution in [0.4, 0.5) is 0 Å². The van der Waals surface area contributed by atoms with Crippen LogP contribution in [0.1, 0.15) is 48.0 Å². The summed E-state index contributed by atoms with van der Waals surface area (Å²) in [5, 5.41) is -0.761. The first-order valence-corrected chi connectivity index (χ1v) is 8.66. The van der Waals surface area contributed by atoms with Gasteiger partial charge in [0.25, 0.3) is 0 Å². The van der Waals surface area contributed by atoms with Gasteiger partial charge in [-0.1, -0.05) is 20.8 Å². The fourth-order valence-corrected chi connectivity index (χ4v) is 1.82. The van der Waals surface area contributed by atoms with Crippen LogP contribution in [-0.4, -0.2) is 43.1 Å². The minimum absolute atomic E-state index is 0.118. The lowest BCUT2D eigenvalue weighted by Crippen LogP contribution is -2.18. The van der Waals surface area contributed by atoms with E-state index in [0.717, 1.165) is 13.0 Å². The van der Waals surface area contributed by atoms with Gasteiger partial charge in [-0.2, -0.15) is 0 Å². The smallest absolute Gasteiger partial charge is 0.333 e. The van der Waals surface area contributed by atoms with Gasteiger partial charge in [0.05, 0.1) is 31.6 Å². The van der Waals surface area contributed by atoms with Gasteiger partial charge in [0, 0.05) is 6.61 Å². The van der Waals surface area contributed by atoms with Crippen LogP contribution in [0, 0.1) is 5.41 Å². The molecule has 1 unspecified atom stereocenters. The van der Waals surface area contributed by atoms with E-state index in [4.69, 9.17) is 14.0 Å². The Labute approximate surface area is 123 Å². The first-order chi connectivity index (χ1) is 8.96. The van der Waals surface area contributed by atoms with Crippen molar-refractivity contribution in [1.82, 2.24) is 0 Å². The average molecular weight is 310 g/mol. The third-order valence-corrected chi connectivity index (χ3v) is 4.94. The minimum atomic E-state index is -3.57. The third kappa shape index (κ3) is 9.89. The van der Waals surface area contributed by atoms with E-state index in [0.29, 0.717) is 19.8 Å². The monoisotopic (exact) mass is 310 g/mol. The average Bonchev–Trinajstić information content (AvgIpc) is 2.23. The van der Waals surface area contributed by atoms with Gasteiger partial charge in [0.2, 0.25) is 0 Å². The Bertz CT molecular complexity index is 304. The molecule has 0 aliphatic rings. The van der Waals surface area contributed by atoms with Crippen molar-refractivity contribution in [3.63, 3.8) is 0 Å². The van der Waals surface area contributed by atoms with Crippen molar-refractivity contribution in [1.29, 1.82) is 0 Å². The van der Waals surface area contributed by atoms with Crippen molar-refractivity contribution < 1.29 is 23.5 Å². The summed E-state index contributed by atoms with van der Waals surface area (Å²) in [7, 11) is -3.57. The molecule has 0 bridgehead atoms. The molecule has 6 heteroatoms. The molecule has 0 fully saturated rings. The zero-order chi connectivity index (χ0) is 15.9. The van der Waals surface area contributed by atoms with Gasteiger partial charge >= 0.3 is 7.60 Å². The molecule has 0 aliphatic carbocycles. The summed E-state index contributed by atoms with van der Waals surface area (Å²) in [6, 6.07) is 0. The lowest BCUT2D eigenvalue weighted by molar-refractivity contribution is 0.0277. The zero-order valence-corrected chi connectivity index (χ0v) is 14.7. The summed E-state index contributed by atoms with van der Waals surface area (Å²) in [6.07, 6.45) is 1.01. The maximum Gasteiger partial charge on any atom is 0.333 e. The second kappa shape index (κ2) is 8.50. The largest absolute Gasteiger partial charge is 0.379 e. The lowest BCUT2D eigenvalue weighted by Gasteiger charge is -2.24. The number of hydrogen-bond acceptors (Lipinski definition) is 4. The van der Waals surface area contributed by atoms with Crippen LogP contribution in [-0.2, 0) is 18.6 Å². The second-order valence-electron chi connectivity index (χ2n) is 7.06. The van der Waals surface area contributed by atoms with Crippen molar-refractivity contribution in [2.75, 3.05) is 33.0 Å². The topological polar surface area (TPSA) is 65.0 Å². The molecular formula is C14H31O5P. The Morgan fingerprint density at radius 3 is 1.75 bits per heavy atom. The standard InChI is InChI=1S/C14H31O5P/c1-13(2,3)7-8-17-9-10-18-11-12-19-20(15,16)14(4,5)6/h7-12H2,1-6H3,(H,15,16). The summed E-state index contributed by atoms with van der Waals surface area (Å²) in [4.78, 5) is 9.65. The molecule has 0 rings (SSSR count).